The van der Waals surface area contributed by atoms with Crippen LogP contribution in [0, 0.1) is 0 Å². The predicted molar refractivity (Wildman–Crippen MR) is 140 cm³/mol. The van der Waals surface area contributed by atoms with Crippen molar-refractivity contribution in [1.29, 1.82) is 0 Å². The van der Waals surface area contributed by atoms with E-state index in [4.69, 9.17) is 4.98 Å². The van der Waals surface area contributed by atoms with E-state index in [1.807, 2.05) is 10.6 Å². The number of benzene rings is 1. The van der Waals surface area contributed by atoms with Gasteiger partial charge < -0.3 is 9.47 Å². The van der Waals surface area contributed by atoms with Crippen LogP contribution in [0.3, 0.4) is 0 Å². The summed E-state index contributed by atoms with van der Waals surface area (Å²) in [7, 11) is 0.0899. The molecule has 6 rings (SSSR count). The molecule has 1 fully saturated rings. The highest BCUT2D eigenvalue weighted by molar-refractivity contribution is 7.88. The molecule has 1 saturated heterocycles. The minimum absolute atomic E-state index is 0.0762. The van der Waals surface area contributed by atoms with Crippen molar-refractivity contribution < 1.29 is 22.0 Å². The van der Waals surface area contributed by atoms with Crippen molar-refractivity contribution >= 4 is 26.8 Å². The van der Waals surface area contributed by atoms with Crippen molar-refractivity contribution in [1.82, 2.24) is 33.5 Å². The topological polar surface area (TPSA) is 106 Å². The molecule has 204 valence electrons. The number of carbonyl (C=O) groups is 1. The molecule has 0 N–H and O–H groups in total. The molecule has 3 aromatic heterocycles. The Morgan fingerprint density at radius 1 is 1.10 bits per heavy atom. The maximum Gasteiger partial charge on any atom is 0.265 e. The van der Waals surface area contributed by atoms with Crippen molar-refractivity contribution in [2.24, 2.45) is 7.05 Å². The number of aromatic nitrogens is 5. The second-order valence-corrected chi connectivity index (χ2v) is 12.3. The molecule has 2 aliphatic rings. The molecule has 0 aliphatic carbocycles. The minimum atomic E-state index is -3.34. The summed E-state index contributed by atoms with van der Waals surface area (Å²) in [5, 5.41) is 4.63. The maximum absolute atomic E-state index is 14.3. The first kappa shape index (κ1) is 25.6. The summed E-state index contributed by atoms with van der Waals surface area (Å²) in [5.74, 6) is 0.361. The van der Waals surface area contributed by atoms with Crippen molar-refractivity contribution in [2.45, 2.75) is 31.9 Å². The molecule has 2 aliphatic heterocycles. The van der Waals surface area contributed by atoms with E-state index in [0.717, 1.165) is 5.69 Å². The SMILES string of the molecule is CC1C(=O)N(C)Cc2c(-c3cccc4nc(-c5cnn(C)c5)c(C(F)F)cc34)nc(C3CN(S(C)(=O)=O)C3)n21. The number of alkyl halides is 2. The Morgan fingerprint density at radius 2 is 1.85 bits per heavy atom. The van der Waals surface area contributed by atoms with Gasteiger partial charge in [-0.2, -0.15) is 5.10 Å². The van der Waals surface area contributed by atoms with Gasteiger partial charge in [0.15, 0.2) is 0 Å². The van der Waals surface area contributed by atoms with Crippen molar-refractivity contribution in [3.8, 4) is 22.5 Å². The number of carbonyl (C=O) groups excluding carboxylic acids is 1. The zero-order valence-electron chi connectivity index (χ0n) is 21.8. The summed E-state index contributed by atoms with van der Waals surface area (Å²) in [6.07, 6.45) is 1.56. The number of halogens is 2. The zero-order chi connectivity index (χ0) is 27.8. The predicted octanol–water partition coefficient (Wildman–Crippen LogP) is 3.33. The molecule has 0 spiro atoms. The summed E-state index contributed by atoms with van der Waals surface area (Å²) in [6.45, 7) is 2.62. The minimum Gasteiger partial charge on any atom is -0.338 e. The molecule has 13 heteroatoms. The number of likely N-dealkylation sites (N-methyl/N-ethyl adjacent to an activating group) is 1. The third-order valence-corrected chi connectivity index (χ3v) is 8.82. The third-order valence-electron chi connectivity index (χ3n) is 7.58. The lowest BCUT2D eigenvalue weighted by atomic mass is 9.99. The fourth-order valence-corrected chi connectivity index (χ4v) is 6.44. The summed E-state index contributed by atoms with van der Waals surface area (Å²) in [5.41, 5.74) is 2.97. The van der Waals surface area contributed by atoms with Crippen LogP contribution in [-0.2, 0) is 28.4 Å². The molecule has 1 aromatic carbocycles. The lowest BCUT2D eigenvalue weighted by Crippen LogP contribution is -2.49. The van der Waals surface area contributed by atoms with Gasteiger partial charge in [-0.25, -0.2) is 31.5 Å². The van der Waals surface area contributed by atoms with Crippen LogP contribution in [0.15, 0.2) is 36.7 Å². The largest absolute Gasteiger partial charge is 0.338 e. The van der Waals surface area contributed by atoms with Gasteiger partial charge in [-0.3, -0.25) is 9.48 Å². The van der Waals surface area contributed by atoms with E-state index in [1.54, 1.807) is 44.2 Å². The van der Waals surface area contributed by atoms with Crippen molar-refractivity contribution in [3.63, 3.8) is 0 Å². The number of imidazole rings is 1. The van der Waals surface area contributed by atoms with Gasteiger partial charge in [-0.15, -0.1) is 0 Å². The zero-order valence-corrected chi connectivity index (χ0v) is 22.7. The number of fused-ring (bicyclic) bond motifs is 2. The second kappa shape index (κ2) is 8.91. The molecule has 39 heavy (non-hydrogen) atoms. The van der Waals surface area contributed by atoms with Crippen LogP contribution >= 0.6 is 0 Å². The Morgan fingerprint density at radius 3 is 2.49 bits per heavy atom. The van der Waals surface area contributed by atoms with E-state index < -0.39 is 22.5 Å². The van der Waals surface area contributed by atoms with Gasteiger partial charge in [-0.05, 0) is 19.1 Å². The Balaban J connectivity index is 1.54. The van der Waals surface area contributed by atoms with Crippen LogP contribution in [0.25, 0.3) is 33.4 Å². The average Bonchev–Trinajstić information content (AvgIpc) is 3.43. The third kappa shape index (κ3) is 4.11. The Kier molecular flexibility index (Phi) is 5.84. The van der Waals surface area contributed by atoms with Crippen LogP contribution < -0.4 is 0 Å². The van der Waals surface area contributed by atoms with E-state index in [9.17, 15) is 22.0 Å². The number of amides is 1. The monoisotopic (exact) mass is 555 g/mol. The Labute approximate surface area is 223 Å². The first-order chi connectivity index (χ1) is 18.4. The van der Waals surface area contributed by atoms with E-state index in [2.05, 4.69) is 10.1 Å². The first-order valence-corrected chi connectivity index (χ1v) is 14.3. The van der Waals surface area contributed by atoms with E-state index in [-0.39, 0.29) is 42.7 Å². The maximum atomic E-state index is 14.3. The van der Waals surface area contributed by atoms with Gasteiger partial charge in [0, 0.05) is 61.4 Å². The van der Waals surface area contributed by atoms with E-state index in [0.29, 0.717) is 33.5 Å². The van der Waals surface area contributed by atoms with Crippen LogP contribution in [-0.4, -0.2) is 74.2 Å². The molecule has 4 aromatic rings. The van der Waals surface area contributed by atoms with Gasteiger partial charge in [0.2, 0.25) is 15.9 Å². The number of pyridine rings is 1. The molecular weight excluding hydrogens is 528 g/mol. The molecule has 1 unspecified atom stereocenters. The van der Waals surface area contributed by atoms with Crippen molar-refractivity contribution in [3.05, 3.63) is 53.7 Å². The van der Waals surface area contributed by atoms with Gasteiger partial charge >= 0.3 is 0 Å². The standard InChI is InChI=1S/C26H27F2N7O3S/c1-14-26(36)32(2)13-21-23(31-25(35(14)21)16-11-34(12-16)39(4,37)38)17-6-5-7-20-18(17)8-19(24(27)28)22(30-20)15-9-29-33(3)10-15/h5-10,14,16,24H,11-13H2,1-4H3. The molecule has 10 nitrogen and oxygen atoms in total. The smallest absolute Gasteiger partial charge is 0.265 e. The highest BCUT2D eigenvalue weighted by Gasteiger charge is 2.41. The summed E-state index contributed by atoms with van der Waals surface area (Å²) >= 11 is 0. The first-order valence-electron chi connectivity index (χ1n) is 12.5. The molecule has 1 amide bonds. The summed E-state index contributed by atoms with van der Waals surface area (Å²) < 4.78 is 57.4. The van der Waals surface area contributed by atoms with Crippen LogP contribution in [0.4, 0.5) is 8.78 Å². The van der Waals surface area contributed by atoms with Gasteiger partial charge in [-0.1, -0.05) is 12.1 Å². The van der Waals surface area contributed by atoms with E-state index >= 15 is 0 Å². The molecule has 0 bridgehead atoms. The molecule has 5 heterocycles. The lowest BCUT2D eigenvalue weighted by Gasteiger charge is -2.38. The van der Waals surface area contributed by atoms with E-state index in [1.165, 1.54) is 27.5 Å². The number of aryl methyl sites for hydroxylation is 1. The van der Waals surface area contributed by atoms with Crippen LogP contribution in [0.1, 0.15) is 42.4 Å². The fraction of sp³-hybridized carbons (Fsp3) is 0.385. The van der Waals surface area contributed by atoms with Gasteiger partial charge in [0.25, 0.3) is 6.43 Å². The molecule has 0 saturated carbocycles. The summed E-state index contributed by atoms with van der Waals surface area (Å²) in [6, 6.07) is 6.32. The number of hydrogen-bond donors (Lipinski definition) is 0. The highest BCUT2D eigenvalue weighted by atomic mass is 32.2. The summed E-state index contributed by atoms with van der Waals surface area (Å²) in [4.78, 5) is 24.1. The van der Waals surface area contributed by atoms with Crippen LogP contribution in [0.2, 0.25) is 0 Å². The van der Waals surface area contributed by atoms with Crippen molar-refractivity contribution in [2.75, 3.05) is 26.4 Å². The van der Waals surface area contributed by atoms with Gasteiger partial charge in [0.1, 0.15) is 11.9 Å². The normalized spacial score (nSPS) is 18.7. The molecule has 1 atom stereocenters. The lowest BCUT2D eigenvalue weighted by molar-refractivity contribution is -0.135. The quantitative estimate of drug-likeness (QED) is 0.374. The molecular formula is C26H27F2N7O3S. The highest BCUT2D eigenvalue weighted by Crippen LogP contribution is 2.41. The fourth-order valence-electron chi connectivity index (χ4n) is 5.54. The van der Waals surface area contributed by atoms with Gasteiger partial charge in [0.05, 0.1) is 41.6 Å². The number of hydrogen-bond acceptors (Lipinski definition) is 6. The number of sulfonamides is 1. The van der Waals surface area contributed by atoms with Crippen LogP contribution in [0.5, 0.6) is 0 Å². The Bertz CT molecular complexity index is 1740. The number of rotatable bonds is 5. The second-order valence-electron chi connectivity index (χ2n) is 10.3. The molecule has 0 radical (unpaired) electrons. The Hall–Kier alpha value is -3.71. The average molecular weight is 556 g/mol. The number of nitrogens with zero attached hydrogens (tertiary/aromatic N) is 7.